The number of hydrogen-bond donors (Lipinski definition) is 1. The quantitative estimate of drug-likeness (QED) is 0.906. The minimum Gasteiger partial charge on any atom is -0.480 e. The van der Waals surface area contributed by atoms with Crippen LogP contribution in [0.15, 0.2) is 18.2 Å². The summed E-state index contributed by atoms with van der Waals surface area (Å²) in [6.07, 6.45) is 4.22. The van der Waals surface area contributed by atoms with Gasteiger partial charge in [0.15, 0.2) is 11.6 Å². The maximum absolute atomic E-state index is 13.1. The van der Waals surface area contributed by atoms with E-state index in [4.69, 9.17) is 0 Å². The highest BCUT2D eigenvalue weighted by Crippen LogP contribution is 2.39. The summed E-state index contributed by atoms with van der Waals surface area (Å²) in [5.41, 5.74) is 0.318. The monoisotopic (exact) mass is 272 g/mol. The molecule has 0 radical (unpaired) electrons. The van der Waals surface area contributed by atoms with E-state index in [1.54, 1.807) is 0 Å². The number of benzene rings is 1. The lowest BCUT2D eigenvalue weighted by molar-refractivity contribution is -0.136. The molecular weight excluding hydrogens is 258 g/mol. The second-order valence-corrected chi connectivity index (χ2v) is 5.84. The molecule has 1 atom stereocenters. The van der Waals surface area contributed by atoms with Crippen molar-refractivity contribution < 1.29 is 18.7 Å². The summed E-state index contributed by atoms with van der Waals surface area (Å²) in [7, 11) is 0. The van der Waals surface area contributed by atoms with Crippen LogP contribution in [0, 0.1) is 11.6 Å². The molecule has 0 spiro atoms. The number of carbonyl (C=O) groups is 1. The summed E-state index contributed by atoms with van der Waals surface area (Å²) in [4.78, 5) is 11.2. The number of halogens is 2. The third-order valence-electron chi connectivity index (χ3n) is 3.10. The highest BCUT2D eigenvalue weighted by Gasteiger charge is 2.27. The van der Waals surface area contributed by atoms with Crippen LogP contribution in [-0.2, 0) is 4.79 Å². The van der Waals surface area contributed by atoms with Crippen molar-refractivity contribution in [3.8, 4) is 0 Å². The van der Waals surface area contributed by atoms with E-state index in [9.17, 15) is 18.7 Å². The third kappa shape index (κ3) is 3.02. The molecule has 0 heterocycles. The molecule has 0 amide bonds. The normalized spacial score (nSPS) is 17.9. The Kier molecular flexibility index (Phi) is 4.22. The molecule has 1 aliphatic rings. The highest BCUT2D eigenvalue weighted by atomic mass is 32.2. The molecule has 1 aromatic carbocycles. The zero-order chi connectivity index (χ0) is 13.1. The fourth-order valence-electron chi connectivity index (χ4n) is 2.17. The van der Waals surface area contributed by atoms with E-state index in [1.807, 2.05) is 0 Å². The lowest BCUT2D eigenvalue weighted by atomic mass is 10.1. The summed E-state index contributed by atoms with van der Waals surface area (Å²) in [6.45, 7) is 0. The largest absolute Gasteiger partial charge is 0.480 e. The molecule has 1 N–H and O–H groups in total. The molecule has 1 fully saturated rings. The van der Waals surface area contributed by atoms with E-state index in [0.717, 1.165) is 37.8 Å². The predicted molar refractivity (Wildman–Crippen MR) is 66.6 cm³/mol. The van der Waals surface area contributed by atoms with Gasteiger partial charge in [-0.3, -0.25) is 4.79 Å². The average molecular weight is 272 g/mol. The van der Waals surface area contributed by atoms with Gasteiger partial charge in [0.1, 0.15) is 5.25 Å². The smallest absolute Gasteiger partial charge is 0.321 e. The predicted octanol–water partition coefficient (Wildman–Crippen LogP) is 3.77. The zero-order valence-corrected chi connectivity index (χ0v) is 10.6. The van der Waals surface area contributed by atoms with Crippen molar-refractivity contribution in [2.75, 3.05) is 0 Å². The Hall–Kier alpha value is -1.10. The Labute approximate surface area is 108 Å². The van der Waals surface area contributed by atoms with Crippen molar-refractivity contribution in [2.24, 2.45) is 0 Å². The Morgan fingerprint density at radius 3 is 2.50 bits per heavy atom. The molecule has 2 nitrogen and oxygen atoms in total. The van der Waals surface area contributed by atoms with Crippen LogP contribution in [0.3, 0.4) is 0 Å². The van der Waals surface area contributed by atoms with E-state index in [2.05, 4.69) is 0 Å². The highest BCUT2D eigenvalue weighted by molar-refractivity contribution is 8.00. The third-order valence-corrected chi connectivity index (χ3v) is 4.70. The average Bonchev–Trinajstić information content (AvgIpc) is 2.82. The van der Waals surface area contributed by atoms with Gasteiger partial charge in [-0.1, -0.05) is 18.9 Å². The number of thioether (sulfide) groups is 1. The van der Waals surface area contributed by atoms with Gasteiger partial charge in [0.25, 0.3) is 0 Å². The molecule has 1 aliphatic carbocycles. The molecule has 0 bridgehead atoms. The lowest BCUT2D eigenvalue weighted by Gasteiger charge is -2.17. The van der Waals surface area contributed by atoms with Gasteiger partial charge >= 0.3 is 5.97 Å². The summed E-state index contributed by atoms with van der Waals surface area (Å²) < 4.78 is 26.0. The summed E-state index contributed by atoms with van der Waals surface area (Å²) in [5, 5.41) is 8.70. The van der Waals surface area contributed by atoms with Gasteiger partial charge in [0.2, 0.25) is 0 Å². The van der Waals surface area contributed by atoms with Crippen LogP contribution in [0.2, 0.25) is 0 Å². The standard InChI is InChI=1S/C13H14F2O2S/c14-10-6-5-8(7-11(10)15)12(13(16)17)18-9-3-1-2-4-9/h5-7,9,12H,1-4H2,(H,16,17)/t12-/m1/s1. The van der Waals surface area contributed by atoms with Gasteiger partial charge in [-0.2, -0.15) is 0 Å². The second-order valence-electron chi connectivity index (χ2n) is 4.43. The summed E-state index contributed by atoms with van der Waals surface area (Å²) >= 11 is 1.34. The molecule has 0 saturated heterocycles. The van der Waals surface area contributed by atoms with Crippen molar-refractivity contribution in [2.45, 2.75) is 36.2 Å². The maximum Gasteiger partial charge on any atom is 0.321 e. The van der Waals surface area contributed by atoms with Crippen LogP contribution in [0.25, 0.3) is 0 Å². The molecule has 2 rings (SSSR count). The van der Waals surface area contributed by atoms with E-state index in [-0.39, 0.29) is 0 Å². The van der Waals surface area contributed by atoms with E-state index in [1.165, 1.54) is 17.8 Å². The number of carboxylic acid groups (broad SMARTS) is 1. The first-order chi connectivity index (χ1) is 8.58. The van der Waals surface area contributed by atoms with Gasteiger partial charge in [0, 0.05) is 5.25 Å². The molecule has 0 aromatic heterocycles. The van der Waals surface area contributed by atoms with Crippen LogP contribution in [0.1, 0.15) is 36.5 Å². The molecule has 5 heteroatoms. The maximum atomic E-state index is 13.1. The van der Waals surface area contributed by atoms with Gasteiger partial charge < -0.3 is 5.11 Å². The van der Waals surface area contributed by atoms with Crippen molar-refractivity contribution in [3.05, 3.63) is 35.4 Å². The van der Waals surface area contributed by atoms with Crippen LogP contribution in [0.4, 0.5) is 8.78 Å². The fourth-order valence-corrected chi connectivity index (χ4v) is 3.58. The molecule has 0 unspecified atom stereocenters. The lowest BCUT2D eigenvalue weighted by Crippen LogP contribution is -2.12. The number of carboxylic acids is 1. The molecule has 0 aliphatic heterocycles. The van der Waals surface area contributed by atoms with Gasteiger partial charge in [-0.05, 0) is 30.5 Å². The minimum atomic E-state index is -1.00. The first-order valence-electron chi connectivity index (χ1n) is 5.91. The zero-order valence-electron chi connectivity index (χ0n) is 9.73. The van der Waals surface area contributed by atoms with Crippen LogP contribution < -0.4 is 0 Å². The Morgan fingerprint density at radius 1 is 1.28 bits per heavy atom. The summed E-state index contributed by atoms with van der Waals surface area (Å²) in [5.74, 6) is -2.95. The van der Waals surface area contributed by atoms with Crippen molar-refractivity contribution in [1.82, 2.24) is 0 Å². The second kappa shape index (κ2) is 5.69. The van der Waals surface area contributed by atoms with Crippen molar-refractivity contribution in [3.63, 3.8) is 0 Å². The first kappa shape index (κ1) is 13.3. The topological polar surface area (TPSA) is 37.3 Å². The van der Waals surface area contributed by atoms with Crippen LogP contribution in [0.5, 0.6) is 0 Å². The molecule has 1 aromatic rings. The Balaban J connectivity index is 2.17. The molecular formula is C13H14F2O2S. The van der Waals surface area contributed by atoms with Crippen molar-refractivity contribution in [1.29, 1.82) is 0 Å². The number of aliphatic carboxylic acids is 1. The molecule has 18 heavy (non-hydrogen) atoms. The number of hydrogen-bond acceptors (Lipinski definition) is 2. The van der Waals surface area contributed by atoms with Gasteiger partial charge in [0.05, 0.1) is 0 Å². The van der Waals surface area contributed by atoms with E-state index < -0.39 is 22.9 Å². The number of rotatable bonds is 4. The molecule has 98 valence electrons. The Morgan fingerprint density at radius 2 is 1.94 bits per heavy atom. The van der Waals surface area contributed by atoms with Crippen LogP contribution in [-0.4, -0.2) is 16.3 Å². The van der Waals surface area contributed by atoms with Gasteiger partial charge in [-0.15, -0.1) is 11.8 Å². The minimum absolute atomic E-state index is 0.305. The van der Waals surface area contributed by atoms with Crippen molar-refractivity contribution >= 4 is 17.7 Å². The first-order valence-corrected chi connectivity index (χ1v) is 6.85. The van der Waals surface area contributed by atoms with Crippen LogP contribution >= 0.6 is 11.8 Å². The Bertz CT molecular complexity index is 445. The summed E-state index contributed by atoms with van der Waals surface area (Å²) in [6, 6.07) is 3.31. The fraction of sp³-hybridized carbons (Fsp3) is 0.462. The van der Waals surface area contributed by atoms with Gasteiger partial charge in [-0.25, -0.2) is 8.78 Å². The molecule has 1 saturated carbocycles. The van der Waals surface area contributed by atoms with E-state index >= 15 is 0 Å². The SMILES string of the molecule is O=C(O)[C@H](SC1CCCC1)c1ccc(F)c(F)c1. The van der Waals surface area contributed by atoms with E-state index in [0.29, 0.717) is 10.8 Å².